The van der Waals surface area contributed by atoms with Gasteiger partial charge in [0, 0.05) is 12.1 Å². The van der Waals surface area contributed by atoms with E-state index in [1.54, 1.807) is 14.2 Å². The van der Waals surface area contributed by atoms with Crippen molar-refractivity contribution >= 4 is 17.1 Å². The number of hydrogen-bond donors (Lipinski definition) is 0. The summed E-state index contributed by atoms with van der Waals surface area (Å²) in [6, 6.07) is 22.2. The molecular weight excluding hydrogens is 400 g/mol. The third-order valence-electron chi connectivity index (χ3n) is 5.33. The lowest BCUT2D eigenvalue weighted by atomic mass is 10.2. The summed E-state index contributed by atoms with van der Waals surface area (Å²) in [5, 5.41) is 0. The molecule has 0 aliphatic heterocycles. The average Bonchev–Trinajstić information content (AvgIpc) is 3.21. The van der Waals surface area contributed by atoms with Crippen molar-refractivity contribution < 1.29 is 14.2 Å². The van der Waals surface area contributed by atoms with Gasteiger partial charge in [-0.1, -0.05) is 30.4 Å². The summed E-state index contributed by atoms with van der Waals surface area (Å²) in [5.41, 5.74) is 4.25. The molecule has 0 unspecified atom stereocenters. The number of aromatic nitrogens is 2. The van der Waals surface area contributed by atoms with Gasteiger partial charge >= 0.3 is 0 Å². The molecule has 4 aromatic rings. The molecule has 0 radical (unpaired) electrons. The quantitative estimate of drug-likeness (QED) is 0.297. The minimum atomic E-state index is 0.577. The molecule has 0 saturated carbocycles. The summed E-state index contributed by atoms with van der Waals surface area (Å²) in [5.74, 6) is 3.28. The molecule has 1 heterocycles. The fraction of sp³-hybridized carbons (Fsp3) is 0.222. The summed E-state index contributed by atoms with van der Waals surface area (Å²) in [4.78, 5) is 4.88. The molecule has 0 bridgehead atoms. The lowest BCUT2D eigenvalue weighted by Crippen LogP contribution is -2.06. The summed E-state index contributed by atoms with van der Waals surface area (Å²) >= 11 is 0. The predicted octanol–water partition coefficient (Wildman–Crippen LogP) is 6.22. The average molecular weight is 429 g/mol. The molecule has 0 fully saturated rings. The predicted molar refractivity (Wildman–Crippen MR) is 130 cm³/mol. The van der Waals surface area contributed by atoms with Crippen molar-refractivity contribution in [2.24, 2.45) is 0 Å². The molecule has 0 saturated heterocycles. The Morgan fingerprint density at radius 1 is 0.906 bits per heavy atom. The molecule has 0 aliphatic carbocycles. The minimum absolute atomic E-state index is 0.577. The van der Waals surface area contributed by atoms with Crippen LogP contribution in [-0.4, -0.2) is 30.4 Å². The first-order valence-electron chi connectivity index (χ1n) is 10.8. The Morgan fingerprint density at radius 2 is 1.72 bits per heavy atom. The fourth-order valence-electron chi connectivity index (χ4n) is 3.77. The van der Waals surface area contributed by atoms with Gasteiger partial charge in [-0.05, 0) is 67.4 Å². The highest BCUT2D eigenvalue weighted by atomic mass is 16.5. The van der Waals surface area contributed by atoms with E-state index in [1.165, 1.54) is 0 Å². The molecule has 1 aromatic heterocycles. The van der Waals surface area contributed by atoms with Gasteiger partial charge in [-0.3, -0.25) is 0 Å². The number of ether oxygens (including phenoxy) is 3. The summed E-state index contributed by atoms with van der Waals surface area (Å²) in [6.45, 7) is 3.37. The second-order valence-corrected chi connectivity index (χ2v) is 7.42. The van der Waals surface area contributed by atoms with Crippen LogP contribution in [-0.2, 0) is 6.54 Å². The molecule has 5 heteroatoms. The Hall–Kier alpha value is -3.73. The Morgan fingerprint density at radius 3 is 2.47 bits per heavy atom. The van der Waals surface area contributed by atoms with Crippen LogP contribution in [0.4, 0.5) is 0 Å². The van der Waals surface area contributed by atoms with Gasteiger partial charge in [0.05, 0.1) is 31.9 Å². The number of allylic oxidation sites excluding steroid dienone is 1. The van der Waals surface area contributed by atoms with Crippen LogP contribution in [0.15, 0.2) is 72.8 Å². The first-order valence-corrected chi connectivity index (χ1v) is 10.8. The van der Waals surface area contributed by atoms with E-state index in [2.05, 4.69) is 10.6 Å². The third kappa shape index (κ3) is 4.62. The van der Waals surface area contributed by atoms with Crippen LogP contribution in [0.5, 0.6) is 17.2 Å². The number of rotatable bonds is 9. The first kappa shape index (κ1) is 21.5. The van der Waals surface area contributed by atoms with Crippen LogP contribution in [0.2, 0.25) is 0 Å². The molecular formula is C27H28N2O3. The summed E-state index contributed by atoms with van der Waals surface area (Å²) in [6.07, 6.45) is 4.88. The smallest absolute Gasteiger partial charge is 0.161 e. The van der Waals surface area contributed by atoms with Crippen molar-refractivity contribution in [1.29, 1.82) is 0 Å². The third-order valence-corrected chi connectivity index (χ3v) is 5.33. The van der Waals surface area contributed by atoms with E-state index in [0.29, 0.717) is 6.61 Å². The molecule has 0 atom stereocenters. The molecule has 0 spiro atoms. The zero-order valence-electron chi connectivity index (χ0n) is 18.7. The van der Waals surface area contributed by atoms with Gasteiger partial charge in [0.2, 0.25) is 0 Å². The largest absolute Gasteiger partial charge is 0.497 e. The van der Waals surface area contributed by atoms with E-state index in [0.717, 1.165) is 58.2 Å². The first-order chi connectivity index (χ1) is 15.7. The maximum Gasteiger partial charge on any atom is 0.161 e. The standard InChI is InChI=1S/C27H28N2O3/c1-4-8-20-11-16-25(26(19-20)31-3)32-18-7-17-29-24-10-6-5-9-23(24)28-27(29)21-12-14-22(30-2)15-13-21/h4-6,8-16,19H,7,17-18H2,1-3H3/b8-4+. The number of methoxy groups -OCH3 is 2. The van der Waals surface area contributed by atoms with Gasteiger partial charge in [-0.15, -0.1) is 0 Å². The lowest BCUT2D eigenvalue weighted by Gasteiger charge is -2.13. The van der Waals surface area contributed by atoms with Gasteiger partial charge in [0.15, 0.2) is 11.5 Å². The van der Waals surface area contributed by atoms with E-state index in [4.69, 9.17) is 19.2 Å². The molecule has 5 nitrogen and oxygen atoms in total. The number of nitrogens with zero attached hydrogens (tertiary/aromatic N) is 2. The second kappa shape index (κ2) is 10.1. The van der Waals surface area contributed by atoms with E-state index >= 15 is 0 Å². The monoisotopic (exact) mass is 428 g/mol. The summed E-state index contributed by atoms with van der Waals surface area (Å²) in [7, 11) is 3.34. The number of fused-ring (bicyclic) bond motifs is 1. The highest BCUT2D eigenvalue weighted by molar-refractivity contribution is 5.80. The van der Waals surface area contributed by atoms with Crippen molar-refractivity contribution in [1.82, 2.24) is 9.55 Å². The van der Waals surface area contributed by atoms with Gasteiger partial charge in [0.1, 0.15) is 11.6 Å². The maximum atomic E-state index is 6.05. The molecule has 32 heavy (non-hydrogen) atoms. The molecule has 164 valence electrons. The van der Waals surface area contributed by atoms with Crippen LogP contribution in [0.25, 0.3) is 28.5 Å². The lowest BCUT2D eigenvalue weighted by molar-refractivity contribution is 0.283. The second-order valence-electron chi connectivity index (χ2n) is 7.42. The zero-order valence-corrected chi connectivity index (χ0v) is 18.7. The SMILES string of the molecule is C/C=C/c1ccc(OCCCn2c(-c3ccc(OC)cc3)nc3ccccc32)c(OC)c1. The number of aryl methyl sites for hydroxylation is 1. The van der Waals surface area contributed by atoms with Gasteiger partial charge in [-0.25, -0.2) is 4.98 Å². The Labute approximate surface area is 188 Å². The van der Waals surface area contributed by atoms with E-state index < -0.39 is 0 Å². The number of imidazole rings is 1. The molecule has 3 aromatic carbocycles. The summed E-state index contributed by atoms with van der Waals surface area (Å²) < 4.78 is 19.1. The van der Waals surface area contributed by atoms with Gasteiger partial charge in [-0.2, -0.15) is 0 Å². The number of para-hydroxylation sites is 2. The zero-order chi connectivity index (χ0) is 22.3. The van der Waals surface area contributed by atoms with E-state index in [-0.39, 0.29) is 0 Å². The van der Waals surface area contributed by atoms with Crippen molar-refractivity contribution in [2.75, 3.05) is 20.8 Å². The highest BCUT2D eigenvalue weighted by Crippen LogP contribution is 2.29. The van der Waals surface area contributed by atoms with Crippen LogP contribution in [0.3, 0.4) is 0 Å². The molecule has 0 N–H and O–H groups in total. The van der Waals surface area contributed by atoms with Crippen LogP contribution < -0.4 is 14.2 Å². The Bertz CT molecular complexity index is 1210. The van der Waals surface area contributed by atoms with Crippen LogP contribution >= 0.6 is 0 Å². The number of benzene rings is 3. The van der Waals surface area contributed by atoms with Crippen molar-refractivity contribution in [2.45, 2.75) is 19.9 Å². The fourth-order valence-corrected chi connectivity index (χ4v) is 3.77. The highest BCUT2D eigenvalue weighted by Gasteiger charge is 2.13. The van der Waals surface area contributed by atoms with Crippen molar-refractivity contribution in [3.63, 3.8) is 0 Å². The minimum Gasteiger partial charge on any atom is -0.497 e. The van der Waals surface area contributed by atoms with Crippen molar-refractivity contribution in [3.05, 3.63) is 78.4 Å². The Kier molecular flexibility index (Phi) is 6.75. The topological polar surface area (TPSA) is 45.5 Å². The van der Waals surface area contributed by atoms with Crippen LogP contribution in [0, 0.1) is 0 Å². The van der Waals surface area contributed by atoms with E-state index in [1.807, 2.05) is 79.7 Å². The number of hydrogen-bond acceptors (Lipinski definition) is 4. The molecule has 4 rings (SSSR count). The molecule has 0 aliphatic rings. The molecule has 0 amide bonds. The van der Waals surface area contributed by atoms with Gasteiger partial charge in [0.25, 0.3) is 0 Å². The van der Waals surface area contributed by atoms with Crippen LogP contribution in [0.1, 0.15) is 18.9 Å². The van der Waals surface area contributed by atoms with Gasteiger partial charge < -0.3 is 18.8 Å². The maximum absolute atomic E-state index is 6.05. The normalized spacial score (nSPS) is 11.2. The Balaban J connectivity index is 1.51. The van der Waals surface area contributed by atoms with E-state index in [9.17, 15) is 0 Å². The van der Waals surface area contributed by atoms with Crippen molar-refractivity contribution in [3.8, 4) is 28.6 Å².